The first-order valence-corrected chi connectivity index (χ1v) is 10.5. The molecule has 0 bridgehead atoms. The van der Waals surface area contributed by atoms with E-state index in [0.717, 1.165) is 11.3 Å². The van der Waals surface area contributed by atoms with Crippen molar-refractivity contribution in [3.8, 4) is 28.9 Å². The highest BCUT2D eigenvalue weighted by molar-refractivity contribution is 6.55. The third-order valence-electron chi connectivity index (χ3n) is 4.32. The maximum atomic E-state index is 6.06. The van der Waals surface area contributed by atoms with E-state index in [1.165, 1.54) is 0 Å². The van der Waals surface area contributed by atoms with Crippen LogP contribution in [0.5, 0.6) is 28.9 Å². The summed E-state index contributed by atoms with van der Waals surface area (Å²) in [6.45, 7) is 5.29. The lowest BCUT2D eigenvalue weighted by molar-refractivity contribution is 0.132. The van der Waals surface area contributed by atoms with Gasteiger partial charge in [0, 0.05) is 13.7 Å². The van der Waals surface area contributed by atoms with Crippen LogP contribution in [0.1, 0.15) is 18.2 Å². The SMILES string of the molecule is CCOCc1c(C)nn(C)c1Oc1ccc(Oc2ccc(OCC=C(Cl)Cl)cc2)cc1. The zero-order valence-corrected chi connectivity index (χ0v) is 19.1. The molecule has 1 heterocycles. The molecule has 31 heavy (non-hydrogen) atoms. The molecule has 0 atom stereocenters. The fraction of sp³-hybridized carbons (Fsp3) is 0.261. The third kappa shape index (κ3) is 6.66. The normalized spacial score (nSPS) is 10.6. The van der Waals surface area contributed by atoms with Crippen molar-refractivity contribution in [1.82, 2.24) is 9.78 Å². The summed E-state index contributed by atoms with van der Waals surface area (Å²) in [7, 11) is 1.85. The topological polar surface area (TPSA) is 54.7 Å². The zero-order valence-electron chi connectivity index (χ0n) is 17.6. The number of benzene rings is 2. The summed E-state index contributed by atoms with van der Waals surface area (Å²) >= 11 is 11.1. The molecule has 0 aliphatic rings. The van der Waals surface area contributed by atoms with Crippen molar-refractivity contribution < 1.29 is 18.9 Å². The number of nitrogens with zero attached hydrogens (tertiary/aromatic N) is 2. The van der Waals surface area contributed by atoms with Crippen molar-refractivity contribution in [2.45, 2.75) is 20.5 Å². The van der Waals surface area contributed by atoms with Crippen LogP contribution in [0.15, 0.2) is 59.1 Å². The Morgan fingerprint density at radius 1 is 0.935 bits per heavy atom. The number of ether oxygens (including phenoxy) is 4. The van der Waals surface area contributed by atoms with Crippen LogP contribution in [0.3, 0.4) is 0 Å². The lowest BCUT2D eigenvalue weighted by Gasteiger charge is -2.11. The molecule has 0 unspecified atom stereocenters. The van der Waals surface area contributed by atoms with Gasteiger partial charge in [0.2, 0.25) is 5.88 Å². The zero-order chi connectivity index (χ0) is 22.2. The third-order valence-corrected chi connectivity index (χ3v) is 4.63. The molecule has 0 N–H and O–H groups in total. The summed E-state index contributed by atoms with van der Waals surface area (Å²) < 4.78 is 24.9. The fourth-order valence-electron chi connectivity index (χ4n) is 2.81. The minimum atomic E-state index is 0.177. The standard InChI is InChI=1S/C23H24Cl2N2O4/c1-4-28-15-21-16(2)26-27(3)23(21)31-20-11-9-19(10-12-20)30-18-7-5-17(6-8-18)29-14-13-22(24)25/h5-13H,4,14-15H2,1-3H3. The molecule has 0 aliphatic heterocycles. The Balaban J connectivity index is 1.61. The molecule has 164 valence electrons. The average molecular weight is 463 g/mol. The lowest BCUT2D eigenvalue weighted by Crippen LogP contribution is -1.99. The van der Waals surface area contributed by atoms with Gasteiger partial charge in [-0.2, -0.15) is 5.10 Å². The lowest BCUT2D eigenvalue weighted by atomic mass is 10.2. The summed E-state index contributed by atoms with van der Waals surface area (Å²) in [5.74, 6) is 3.42. The van der Waals surface area contributed by atoms with Gasteiger partial charge in [0.05, 0.1) is 17.9 Å². The highest BCUT2D eigenvalue weighted by atomic mass is 35.5. The number of hydrogen-bond donors (Lipinski definition) is 0. The quantitative estimate of drug-likeness (QED) is 0.341. The van der Waals surface area contributed by atoms with Crippen LogP contribution < -0.4 is 14.2 Å². The Kier molecular flexibility index (Phi) is 8.23. The van der Waals surface area contributed by atoms with Crippen LogP contribution in [0, 0.1) is 6.92 Å². The summed E-state index contributed by atoms with van der Waals surface area (Å²) in [6, 6.07) is 14.7. The van der Waals surface area contributed by atoms with E-state index >= 15 is 0 Å². The monoisotopic (exact) mass is 462 g/mol. The molecule has 0 saturated heterocycles. The van der Waals surface area contributed by atoms with Crippen LogP contribution in [0.4, 0.5) is 0 Å². The van der Waals surface area contributed by atoms with Crippen LogP contribution in [-0.4, -0.2) is 23.0 Å². The summed E-state index contributed by atoms with van der Waals surface area (Å²) in [6.07, 6.45) is 1.57. The van der Waals surface area contributed by atoms with Gasteiger partial charge < -0.3 is 18.9 Å². The molecule has 0 saturated carbocycles. The van der Waals surface area contributed by atoms with Crippen molar-refractivity contribution in [3.05, 3.63) is 70.4 Å². The fourth-order valence-corrected chi connectivity index (χ4v) is 2.93. The van der Waals surface area contributed by atoms with Gasteiger partial charge in [-0.25, -0.2) is 4.68 Å². The van der Waals surface area contributed by atoms with E-state index in [2.05, 4.69) is 5.10 Å². The van der Waals surface area contributed by atoms with E-state index in [1.807, 2.05) is 69.4 Å². The molecule has 0 spiro atoms. The summed E-state index contributed by atoms with van der Waals surface area (Å²) in [4.78, 5) is 0. The highest BCUT2D eigenvalue weighted by Gasteiger charge is 2.15. The van der Waals surface area contributed by atoms with E-state index in [9.17, 15) is 0 Å². The molecule has 2 aromatic carbocycles. The van der Waals surface area contributed by atoms with Crippen molar-refractivity contribution in [3.63, 3.8) is 0 Å². The number of rotatable bonds is 10. The van der Waals surface area contributed by atoms with E-state index < -0.39 is 0 Å². The van der Waals surface area contributed by atoms with Gasteiger partial charge in [0.15, 0.2) is 0 Å². The Morgan fingerprint density at radius 3 is 2.03 bits per heavy atom. The van der Waals surface area contributed by atoms with Crippen LogP contribution >= 0.6 is 23.2 Å². The maximum Gasteiger partial charge on any atom is 0.223 e. The van der Waals surface area contributed by atoms with Crippen LogP contribution in [-0.2, 0) is 18.4 Å². The average Bonchev–Trinajstić information content (AvgIpc) is 3.01. The molecule has 6 nitrogen and oxygen atoms in total. The number of hydrogen-bond acceptors (Lipinski definition) is 5. The molecule has 8 heteroatoms. The molecule has 0 radical (unpaired) electrons. The largest absolute Gasteiger partial charge is 0.489 e. The first kappa shape index (κ1) is 23.0. The first-order valence-electron chi connectivity index (χ1n) is 9.76. The Hall–Kier alpha value is -2.67. The molecule has 1 aromatic heterocycles. The smallest absolute Gasteiger partial charge is 0.223 e. The van der Waals surface area contributed by atoms with E-state index in [1.54, 1.807) is 10.8 Å². The van der Waals surface area contributed by atoms with Crippen LogP contribution in [0.2, 0.25) is 0 Å². The number of halogens is 2. The molecule has 3 rings (SSSR count). The van der Waals surface area contributed by atoms with Gasteiger partial charge in [-0.05, 0) is 68.5 Å². The van der Waals surface area contributed by atoms with Gasteiger partial charge in [-0.3, -0.25) is 0 Å². The molecular formula is C23H24Cl2N2O4. The van der Waals surface area contributed by atoms with Gasteiger partial charge in [0.25, 0.3) is 0 Å². The van der Waals surface area contributed by atoms with Crippen molar-refractivity contribution >= 4 is 23.2 Å². The van der Waals surface area contributed by atoms with E-state index in [4.69, 9.17) is 42.1 Å². The van der Waals surface area contributed by atoms with Gasteiger partial charge in [-0.15, -0.1) is 0 Å². The van der Waals surface area contributed by atoms with Crippen molar-refractivity contribution in [1.29, 1.82) is 0 Å². The predicted octanol–water partition coefficient (Wildman–Crippen LogP) is 6.55. The van der Waals surface area contributed by atoms with Crippen molar-refractivity contribution in [2.24, 2.45) is 7.05 Å². The molecule has 3 aromatic rings. The van der Waals surface area contributed by atoms with Gasteiger partial charge in [-0.1, -0.05) is 23.2 Å². The molecular weight excluding hydrogens is 439 g/mol. The number of aryl methyl sites for hydroxylation is 2. The first-order chi connectivity index (χ1) is 15.0. The van der Waals surface area contributed by atoms with Crippen LogP contribution in [0.25, 0.3) is 0 Å². The number of aromatic nitrogens is 2. The maximum absolute atomic E-state index is 6.06. The minimum absolute atomic E-state index is 0.177. The molecule has 0 aliphatic carbocycles. The van der Waals surface area contributed by atoms with E-state index in [0.29, 0.717) is 48.7 Å². The second kappa shape index (κ2) is 11.1. The molecule has 0 fully saturated rings. The molecule has 0 amide bonds. The van der Waals surface area contributed by atoms with Crippen molar-refractivity contribution in [2.75, 3.05) is 13.2 Å². The van der Waals surface area contributed by atoms with Gasteiger partial charge in [0.1, 0.15) is 34.1 Å². The summed E-state index contributed by atoms with van der Waals surface area (Å²) in [5, 5.41) is 4.43. The highest BCUT2D eigenvalue weighted by Crippen LogP contribution is 2.30. The minimum Gasteiger partial charge on any atom is -0.489 e. The second-order valence-electron chi connectivity index (χ2n) is 6.58. The predicted molar refractivity (Wildman–Crippen MR) is 122 cm³/mol. The summed E-state index contributed by atoms with van der Waals surface area (Å²) in [5.41, 5.74) is 1.83. The van der Waals surface area contributed by atoms with Gasteiger partial charge >= 0.3 is 0 Å². The Bertz CT molecular complexity index is 1010. The van der Waals surface area contributed by atoms with E-state index in [-0.39, 0.29) is 4.49 Å². The Labute approximate surface area is 191 Å². The Morgan fingerprint density at radius 2 is 1.48 bits per heavy atom. The second-order valence-corrected chi connectivity index (χ2v) is 7.59.